The molecule has 2 aromatic rings. The van der Waals surface area contributed by atoms with E-state index in [1.807, 2.05) is 12.1 Å². The fraction of sp³-hybridized carbons (Fsp3) is 0.458. The zero-order chi connectivity index (χ0) is 20.8. The van der Waals surface area contributed by atoms with Crippen molar-refractivity contribution in [2.45, 2.75) is 45.7 Å². The van der Waals surface area contributed by atoms with Crippen LogP contribution in [0.1, 0.15) is 42.0 Å². The van der Waals surface area contributed by atoms with Crippen molar-refractivity contribution in [2.24, 2.45) is 0 Å². The largest absolute Gasteiger partial charge is 0.497 e. The summed E-state index contributed by atoms with van der Waals surface area (Å²) in [6, 6.07) is 13.0. The van der Waals surface area contributed by atoms with Crippen LogP contribution < -0.4 is 14.8 Å². The zero-order valence-corrected chi connectivity index (χ0v) is 18.8. The van der Waals surface area contributed by atoms with Gasteiger partial charge >= 0.3 is 0 Å². The van der Waals surface area contributed by atoms with Gasteiger partial charge in [-0.2, -0.15) is 0 Å². The molecule has 1 N–H and O–H groups in total. The summed E-state index contributed by atoms with van der Waals surface area (Å²) in [5.41, 5.74) is 4.92. The van der Waals surface area contributed by atoms with Crippen LogP contribution in [0, 0.1) is 6.92 Å². The minimum Gasteiger partial charge on any atom is -0.497 e. The number of benzene rings is 2. The van der Waals surface area contributed by atoms with Crippen molar-refractivity contribution in [1.82, 2.24) is 10.2 Å². The number of nitrogens with zero attached hydrogens (tertiary/aromatic N) is 1. The maximum absolute atomic E-state index is 5.71. The summed E-state index contributed by atoms with van der Waals surface area (Å²) < 4.78 is 10.9. The summed E-state index contributed by atoms with van der Waals surface area (Å²) in [6.45, 7) is 7.20. The van der Waals surface area contributed by atoms with Crippen LogP contribution in [0.25, 0.3) is 0 Å². The molecule has 0 aliphatic carbocycles. The Morgan fingerprint density at radius 3 is 2.69 bits per heavy atom. The van der Waals surface area contributed by atoms with Crippen LogP contribution in [0.15, 0.2) is 36.4 Å². The smallest absolute Gasteiger partial charge is 0.129 e. The van der Waals surface area contributed by atoms with Gasteiger partial charge < -0.3 is 14.8 Å². The highest BCUT2D eigenvalue weighted by Crippen LogP contribution is 2.27. The Morgan fingerprint density at radius 1 is 1.14 bits per heavy atom. The molecule has 0 fully saturated rings. The second kappa shape index (κ2) is 10.1. The molecule has 29 heavy (non-hydrogen) atoms. The number of fused-ring (bicyclic) bond motifs is 1. The van der Waals surface area contributed by atoms with Gasteiger partial charge in [-0.3, -0.25) is 4.90 Å². The lowest BCUT2D eigenvalue weighted by molar-refractivity contribution is 0.169. The topological polar surface area (TPSA) is 33.7 Å². The summed E-state index contributed by atoms with van der Waals surface area (Å²) in [6.07, 6.45) is 3.41. The fourth-order valence-corrected chi connectivity index (χ4v) is 4.18. The average Bonchev–Trinajstić information content (AvgIpc) is 2.75. The standard InChI is InChI=1S/C24H32N2O2S/c1-5-6-11-26-16-19-14-21(27-3)9-8-18(19)13-20(26)15-25-24(29)22-12-17(2)7-10-23(22)28-4/h7-10,12,14,20H,5-6,11,13,15-16H2,1-4H3,(H,25,29)/t20-/m0/s1. The van der Waals surface area contributed by atoms with Crippen molar-refractivity contribution in [2.75, 3.05) is 27.3 Å². The van der Waals surface area contributed by atoms with E-state index in [0.717, 1.165) is 48.1 Å². The lowest BCUT2D eigenvalue weighted by atomic mass is 9.93. The molecule has 5 heteroatoms. The second-order valence-corrected chi connectivity index (χ2v) is 8.14. The first kappa shape index (κ1) is 21.6. The predicted molar refractivity (Wildman–Crippen MR) is 123 cm³/mol. The van der Waals surface area contributed by atoms with E-state index in [1.165, 1.54) is 29.5 Å². The molecule has 1 aliphatic rings. The third kappa shape index (κ3) is 5.28. The van der Waals surface area contributed by atoms with E-state index < -0.39 is 0 Å². The molecule has 0 unspecified atom stereocenters. The lowest BCUT2D eigenvalue weighted by Crippen LogP contribution is -2.47. The number of rotatable bonds is 8. The summed E-state index contributed by atoms with van der Waals surface area (Å²) in [4.78, 5) is 3.33. The monoisotopic (exact) mass is 412 g/mol. The molecule has 156 valence electrons. The van der Waals surface area contributed by atoms with E-state index in [4.69, 9.17) is 21.7 Å². The summed E-state index contributed by atoms with van der Waals surface area (Å²) in [5.74, 6) is 1.75. The molecule has 3 rings (SSSR count). The van der Waals surface area contributed by atoms with Gasteiger partial charge in [-0.25, -0.2) is 0 Å². The Balaban J connectivity index is 1.73. The molecule has 0 saturated heterocycles. The van der Waals surface area contributed by atoms with E-state index in [0.29, 0.717) is 6.04 Å². The summed E-state index contributed by atoms with van der Waals surface area (Å²) in [7, 11) is 3.42. The minimum absolute atomic E-state index is 0.413. The first-order valence-electron chi connectivity index (χ1n) is 10.4. The quantitative estimate of drug-likeness (QED) is 0.646. The van der Waals surface area contributed by atoms with Gasteiger partial charge in [0.2, 0.25) is 0 Å². The number of aryl methyl sites for hydroxylation is 1. The molecule has 0 aromatic heterocycles. The maximum Gasteiger partial charge on any atom is 0.129 e. The highest BCUT2D eigenvalue weighted by atomic mass is 32.1. The number of unbranched alkanes of at least 4 members (excludes halogenated alkanes) is 1. The molecule has 0 bridgehead atoms. The van der Waals surface area contributed by atoms with Crippen LogP contribution in [0.4, 0.5) is 0 Å². The van der Waals surface area contributed by atoms with Crippen molar-refractivity contribution in [3.05, 3.63) is 58.7 Å². The van der Waals surface area contributed by atoms with Crippen molar-refractivity contribution in [3.63, 3.8) is 0 Å². The Morgan fingerprint density at radius 2 is 1.97 bits per heavy atom. The third-order valence-electron chi connectivity index (χ3n) is 5.66. The number of hydrogen-bond acceptors (Lipinski definition) is 4. The molecule has 0 amide bonds. The third-order valence-corrected chi connectivity index (χ3v) is 6.02. The van der Waals surface area contributed by atoms with Crippen LogP contribution in [-0.4, -0.2) is 43.2 Å². The lowest BCUT2D eigenvalue weighted by Gasteiger charge is -2.37. The number of hydrogen-bond donors (Lipinski definition) is 1. The van der Waals surface area contributed by atoms with Crippen LogP contribution in [0.3, 0.4) is 0 Å². The molecular formula is C24H32N2O2S. The fourth-order valence-electron chi connectivity index (χ4n) is 3.94. The van der Waals surface area contributed by atoms with Crippen molar-refractivity contribution in [3.8, 4) is 11.5 Å². The highest BCUT2D eigenvalue weighted by Gasteiger charge is 2.26. The van der Waals surface area contributed by atoms with Crippen molar-refractivity contribution >= 4 is 17.2 Å². The van der Waals surface area contributed by atoms with Crippen LogP contribution in [0.2, 0.25) is 0 Å². The summed E-state index contributed by atoms with van der Waals surface area (Å²) in [5, 5.41) is 3.52. The maximum atomic E-state index is 5.71. The molecule has 2 aromatic carbocycles. The second-order valence-electron chi connectivity index (χ2n) is 7.73. The Kier molecular flexibility index (Phi) is 7.51. The molecule has 1 aliphatic heterocycles. The van der Waals surface area contributed by atoms with E-state index in [2.05, 4.69) is 48.3 Å². The Bertz CT molecular complexity index is 853. The summed E-state index contributed by atoms with van der Waals surface area (Å²) >= 11 is 5.71. The first-order chi connectivity index (χ1) is 14.0. The van der Waals surface area contributed by atoms with Gasteiger partial charge in [0.15, 0.2) is 0 Å². The number of ether oxygens (including phenoxy) is 2. The van der Waals surface area contributed by atoms with Gasteiger partial charge in [-0.15, -0.1) is 0 Å². The number of nitrogens with one attached hydrogen (secondary N) is 1. The Hall–Kier alpha value is -2.11. The van der Waals surface area contributed by atoms with Gasteiger partial charge in [0.25, 0.3) is 0 Å². The number of thiocarbonyl (C=S) groups is 1. The molecule has 1 atom stereocenters. The minimum atomic E-state index is 0.413. The molecular weight excluding hydrogens is 380 g/mol. The van der Waals surface area contributed by atoms with E-state index in [-0.39, 0.29) is 0 Å². The molecule has 0 radical (unpaired) electrons. The Labute approximate surface area is 180 Å². The zero-order valence-electron chi connectivity index (χ0n) is 18.0. The van der Waals surface area contributed by atoms with Crippen LogP contribution in [-0.2, 0) is 13.0 Å². The van der Waals surface area contributed by atoms with Gasteiger partial charge in [0, 0.05) is 19.1 Å². The first-order valence-corrected chi connectivity index (χ1v) is 10.8. The molecule has 1 heterocycles. The molecule has 0 spiro atoms. The van der Waals surface area contributed by atoms with Gasteiger partial charge in [-0.1, -0.05) is 43.3 Å². The van der Waals surface area contributed by atoms with Gasteiger partial charge in [0.1, 0.15) is 16.5 Å². The highest BCUT2D eigenvalue weighted by molar-refractivity contribution is 7.80. The predicted octanol–water partition coefficient (Wildman–Crippen LogP) is 4.50. The van der Waals surface area contributed by atoms with E-state index in [1.54, 1.807) is 14.2 Å². The average molecular weight is 413 g/mol. The van der Waals surface area contributed by atoms with Gasteiger partial charge in [-0.05, 0) is 61.7 Å². The number of methoxy groups -OCH3 is 2. The normalized spacial score (nSPS) is 16.2. The van der Waals surface area contributed by atoms with E-state index >= 15 is 0 Å². The van der Waals surface area contributed by atoms with Crippen LogP contribution >= 0.6 is 12.2 Å². The van der Waals surface area contributed by atoms with Crippen molar-refractivity contribution in [1.29, 1.82) is 0 Å². The molecule has 4 nitrogen and oxygen atoms in total. The van der Waals surface area contributed by atoms with Crippen LogP contribution in [0.5, 0.6) is 11.5 Å². The van der Waals surface area contributed by atoms with Crippen molar-refractivity contribution < 1.29 is 9.47 Å². The van der Waals surface area contributed by atoms with Gasteiger partial charge in [0.05, 0.1) is 19.8 Å². The SMILES string of the molecule is CCCCN1Cc2cc(OC)ccc2C[C@H]1CNC(=S)c1cc(C)ccc1OC. The van der Waals surface area contributed by atoms with E-state index in [9.17, 15) is 0 Å². The molecule has 0 saturated carbocycles.